The van der Waals surface area contributed by atoms with Crippen LogP contribution in [0.15, 0.2) is 30.5 Å². The Kier molecular flexibility index (Phi) is 3.11. The molecule has 0 radical (unpaired) electrons. The third kappa shape index (κ3) is 2.29. The van der Waals surface area contributed by atoms with Crippen LogP contribution in [0.25, 0.3) is 11.0 Å². The Morgan fingerprint density at radius 2 is 2.11 bits per heavy atom. The highest BCUT2D eigenvalue weighted by Gasteiger charge is 2.23. The minimum absolute atomic E-state index is 0.189. The van der Waals surface area contributed by atoms with E-state index in [4.69, 9.17) is 4.74 Å². The van der Waals surface area contributed by atoms with Crippen molar-refractivity contribution in [3.63, 3.8) is 0 Å². The van der Waals surface area contributed by atoms with E-state index < -0.39 is 0 Å². The van der Waals surface area contributed by atoms with Gasteiger partial charge < -0.3 is 10.1 Å². The minimum Gasteiger partial charge on any atom is -0.472 e. The van der Waals surface area contributed by atoms with Crippen LogP contribution in [0.2, 0.25) is 0 Å². The number of nitrogens with zero attached hydrogens (tertiary/aromatic N) is 2. The van der Waals surface area contributed by atoms with E-state index in [0.29, 0.717) is 11.8 Å². The van der Waals surface area contributed by atoms with Crippen LogP contribution >= 0.6 is 0 Å². The van der Waals surface area contributed by atoms with Gasteiger partial charge in [-0.2, -0.15) is 0 Å². The highest BCUT2D eigenvalue weighted by Crippen LogP contribution is 2.19. The van der Waals surface area contributed by atoms with Crippen molar-refractivity contribution < 1.29 is 4.74 Å². The summed E-state index contributed by atoms with van der Waals surface area (Å²) in [6.07, 6.45) is 3.05. The number of nitrogens with one attached hydrogen (secondary N) is 1. The summed E-state index contributed by atoms with van der Waals surface area (Å²) < 4.78 is 5.94. The molecule has 0 bridgehead atoms. The summed E-state index contributed by atoms with van der Waals surface area (Å²) in [4.78, 5) is 8.86. The number of hydrogen-bond acceptors (Lipinski definition) is 4. The van der Waals surface area contributed by atoms with E-state index in [-0.39, 0.29) is 6.10 Å². The Hall–Kier alpha value is -1.68. The Balaban J connectivity index is 1.81. The van der Waals surface area contributed by atoms with Gasteiger partial charge in [-0.1, -0.05) is 19.1 Å². The molecule has 1 aliphatic rings. The van der Waals surface area contributed by atoms with Gasteiger partial charge in [0.05, 0.1) is 17.2 Å². The first-order valence-electron chi connectivity index (χ1n) is 6.42. The van der Waals surface area contributed by atoms with Crippen LogP contribution in [0, 0.1) is 5.92 Å². The standard InChI is InChI=1S/C14H17N3O/c1-10-6-7-15-8-13(10)18-14-9-16-11-4-2-3-5-12(11)17-14/h2-5,9-10,13,15H,6-8H2,1H3. The number of benzene rings is 1. The quantitative estimate of drug-likeness (QED) is 0.876. The van der Waals surface area contributed by atoms with Gasteiger partial charge in [0.1, 0.15) is 6.10 Å². The van der Waals surface area contributed by atoms with E-state index in [0.717, 1.165) is 30.5 Å². The summed E-state index contributed by atoms with van der Waals surface area (Å²) in [5.74, 6) is 1.17. The van der Waals surface area contributed by atoms with Crippen molar-refractivity contribution in [1.82, 2.24) is 15.3 Å². The van der Waals surface area contributed by atoms with Crippen LogP contribution in [0.4, 0.5) is 0 Å². The Morgan fingerprint density at radius 1 is 1.28 bits per heavy atom. The van der Waals surface area contributed by atoms with Gasteiger partial charge in [-0.25, -0.2) is 9.97 Å². The number of hydrogen-bond donors (Lipinski definition) is 1. The molecule has 0 saturated carbocycles. The van der Waals surface area contributed by atoms with Gasteiger partial charge in [0.2, 0.25) is 5.88 Å². The first-order valence-corrected chi connectivity index (χ1v) is 6.42. The van der Waals surface area contributed by atoms with Crippen LogP contribution in [0.5, 0.6) is 5.88 Å². The molecule has 1 saturated heterocycles. The normalized spacial score (nSPS) is 24.1. The van der Waals surface area contributed by atoms with E-state index >= 15 is 0 Å². The van der Waals surface area contributed by atoms with Crippen molar-refractivity contribution in [2.24, 2.45) is 5.92 Å². The lowest BCUT2D eigenvalue weighted by Gasteiger charge is -2.29. The number of rotatable bonds is 2. The Labute approximate surface area is 106 Å². The lowest BCUT2D eigenvalue weighted by Crippen LogP contribution is -2.43. The van der Waals surface area contributed by atoms with Gasteiger partial charge in [0.25, 0.3) is 0 Å². The average molecular weight is 243 g/mol. The van der Waals surface area contributed by atoms with Gasteiger partial charge in [-0.05, 0) is 31.0 Å². The third-order valence-electron chi connectivity index (χ3n) is 3.46. The van der Waals surface area contributed by atoms with Gasteiger partial charge in [-0.15, -0.1) is 0 Å². The van der Waals surface area contributed by atoms with Crippen LogP contribution in [-0.2, 0) is 0 Å². The fourth-order valence-corrected chi connectivity index (χ4v) is 2.27. The second-order valence-corrected chi connectivity index (χ2v) is 4.82. The van der Waals surface area contributed by atoms with Crippen molar-refractivity contribution in [3.05, 3.63) is 30.5 Å². The minimum atomic E-state index is 0.189. The smallest absolute Gasteiger partial charge is 0.233 e. The first-order chi connectivity index (χ1) is 8.83. The molecule has 0 aliphatic carbocycles. The summed E-state index contributed by atoms with van der Waals surface area (Å²) in [6, 6.07) is 7.84. The van der Waals surface area contributed by atoms with Gasteiger partial charge in [0.15, 0.2) is 0 Å². The highest BCUT2D eigenvalue weighted by atomic mass is 16.5. The van der Waals surface area contributed by atoms with Crippen molar-refractivity contribution in [2.45, 2.75) is 19.4 Å². The molecule has 2 heterocycles. The molecule has 3 rings (SSSR count). The molecule has 94 valence electrons. The van der Waals surface area contributed by atoms with E-state index in [1.54, 1.807) is 6.20 Å². The zero-order valence-electron chi connectivity index (χ0n) is 10.5. The molecule has 0 amide bonds. The molecule has 1 N–H and O–H groups in total. The van der Waals surface area contributed by atoms with Crippen LogP contribution in [0.3, 0.4) is 0 Å². The molecule has 1 fully saturated rings. The maximum Gasteiger partial charge on any atom is 0.233 e. The Bertz CT molecular complexity index is 543. The Morgan fingerprint density at radius 3 is 2.94 bits per heavy atom. The molecular weight excluding hydrogens is 226 g/mol. The molecule has 0 spiro atoms. The maximum absolute atomic E-state index is 5.94. The van der Waals surface area contributed by atoms with E-state index in [9.17, 15) is 0 Å². The fourth-order valence-electron chi connectivity index (χ4n) is 2.27. The molecule has 1 aromatic heterocycles. The van der Waals surface area contributed by atoms with E-state index in [2.05, 4.69) is 22.2 Å². The number of aromatic nitrogens is 2. The molecule has 4 heteroatoms. The number of para-hydroxylation sites is 2. The van der Waals surface area contributed by atoms with Gasteiger partial charge >= 0.3 is 0 Å². The summed E-state index contributed by atoms with van der Waals surface area (Å²) in [5, 5.41) is 3.35. The van der Waals surface area contributed by atoms with Crippen LogP contribution in [-0.4, -0.2) is 29.2 Å². The van der Waals surface area contributed by atoms with Gasteiger partial charge in [-0.3, -0.25) is 0 Å². The molecule has 2 aromatic rings. The molecule has 2 atom stereocenters. The predicted octanol–water partition coefficient (Wildman–Crippen LogP) is 2.01. The van der Waals surface area contributed by atoms with Gasteiger partial charge in [0, 0.05) is 6.54 Å². The molecule has 2 unspecified atom stereocenters. The lowest BCUT2D eigenvalue weighted by molar-refractivity contribution is 0.110. The van der Waals surface area contributed by atoms with E-state index in [1.807, 2.05) is 24.3 Å². The number of fused-ring (bicyclic) bond motifs is 1. The maximum atomic E-state index is 5.94. The van der Waals surface area contributed by atoms with Crippen LogP contribution < -0.4 is 10.1 Å². The largest absolute Gasteiger partial charge is 0.472 e. The molecular formula is C14H17N3O. The topological polar surface area (TPSA) is 47.0 Å². The summed E-state index contributed by atoms with van der Waals surface area (Å²) in [6.45, 7) is 4.18. The predicted molar refractivity (Wildman–Crippen MR) is 70.6 cm³/mol. The van der Waals surface area contributed by atoms with Crippen molar-refractivity contribution in [2.75, 3.05) is 13.1 Å². The van der Waals surface area contributed by atoms with Crippen molar-refractivity contribution in [1.29, 1.82) is 0 Å². The molecule has 1 aromatic carbocycles. The zero-order valence-corrected chi connectivity index (χ0v) is 10.5. The number of piperidine rings is 1. The highest BCUT2D eigenvalue weighted by molar-refractivity contribution is 5.73. The second-order valence-electron chi connectivity index (χ2n) is 4.82. The summed E-state index contributed by atoms with van der Waals surface area (Å²) in [5.41, 5.74) is 1.78. The number of ether oxygens (including phenoxy) is 1. The molecule has 1 aliphatic heterocycles. The third-order valence-corrected chi connectivity index (χ3v) is 3.46. The SMILES string of the molecule is CC1CCNCC1Oc1cnc2ccccc2n1. The monoisotopic (exact) mass is 243 g/mol. The van der Waals surface area contributed by atoms with Crippen LogP contribution in [0.1, 0.15) is 13.3 Å². The zero-order chi connectivity index (χ0) is 12.4. The summed E-state index contributed by atoms with van der Waals surface area (Å²) >= 11 is 0. The van der Waals surface area contributed by atoms with Crippen molar-refractivity contribution >= 4 is 11.0 Å². The first kappa shape index (κ1) is 11.4. The van der Waals surface area contributed by atoms with Crippen molar-refractivity contribution in [3.8, 4) is 5.88 Å². The summed E-state index contributed by atoms with van der Waals surface area (Å²) in [7, 11) is 0. The second kappa shape index (κ2) is 4.90. The fraction of sp³-hybridized carbons (Fsp3) is 0.429. The molecule has 4 nitrogen and oxygen atoms in total. The average Bonchev–Trinajstić information content (AvgIpc) is 2.41. The lowest BCUT2D eigenvalue weighted by atomic mass is 9.97. The molecule has 18 heavy (non-hydrogen) atoms. The van der Waals surface area contributed by atoms with E-state index in [1.165, 1.54) is 0 Å².